The van der Waals surface area contributed by atoms with Gasteiger partial charge in [-0.25, -0.2) is 0 Å². The number of aromatic nitrogens is 1. The maximum atomic E-state index is 11.3. The Morgan fingerprint density at radius 3 is 2.65 bits per heavy atom. The average molecular weight is 224 g/mol. The van der Waals surface area contributed by atoms with E-state index in [0.717, 1.165) is 16.7 Å². The van der Waals surface area contributed by atoms with Crippen molar-refractivity contribution >= 4 is 0 Å². The minimum atomic E-state index is -0.346. The van der Waals surface area contributed by atoms with Gasteiger partial charge in [0.2, 0.25) is 0 Å². The number of hydrogen-bond acceptors (Lipinski definition) is 2. The second-order valence-corrected chi connectivity index (χ2v) is 4.06. The van der Waals surface area contributed by atoms with E-state index in [-0.39, 0.29) is 11.1 Å². The molecule has 2 aromatic rings. The molecule has 1 aromatic heterocycles. The molecule has 0 amide bonds. The Kier molecular flexibility index (Phi) is 2.80. The van der Waals surface area contributed by atoms with Gasteiger partial charge in [0.1, 0.15) is 11.6 Å². The monoisotopic (exact) mass is 224 g/mol. The van der Waals surface area contributed by atoms with Crippen molar-refractivity contribution in [3.8, 4) is 17.2 Å². The van der Waals surface area contributed by atoms with Crippen LogP contribution in [0.2, 0.25) is 0 Å². The third-order valence-electron chi connectivity index (χ3n) is 2.72. The summed E-state index contributed by atoms with van der Waals surface area (Å²) in [7, 11) is 0. The molecule has 0 saturated heterocycles. The Morgan fingerprint density at radius 1 is 1.24 bits per heavy atom. The SMILES string of the molecule is Cc1ccc(-c2c[nH]c(=O)c(C#N)c2)c(C)c1. The summed E-state index contributed by atoms with van der Waals surface area (Å²) in [6.45, 7) is 4.05. The molecule has 1 N–H and O–H groups in total. The van der Waals surface area contributed by atoms with Crippen LogP contribution in [0.5, 0.6) is 0 Å². The van der Waals surface area contributed by atoms with E-state index in [4.69, 9.17) is 5.26 Å². The summed E-state index contributed by atoms with van der Waals surface area (Å²) in [6.07, 6.45) is 1.64. The second kappa shape index (κ2) is 4.26. The van der Waals surface area contributed by atoms with Crippen molar-refractivity contribution < 1.29 is 0 Å². The molecule has 1 heterocycles. The van der Waals surface area contributed by atoms with Gasteiger partial charge in [-0.15, -0.1) is 0 Å². The van der Waals surface area contributed by atoms with E-state index in [0.29, 0.717) is 0 Å². The van der Waals surface area contributed by atoms with Gasteiger partial charge in [0, 0.05) is 6.20 Å². The minimum absolute atomic E-state index is 0.141. The van der Waals surface area contributed by atoms with Crippen LogP contribution in [0, 0.1) is 25.2 Å². The third-order valence-corrected chi connectivity index (χ3v) is 2.72. The molecule has 0 spiro atoms. The first-order valence-electron chi connectivity index (χ1n) is 5.32. The predicted molar refractivity (Wildman–Crippen MR) is 66.7 cm³/mol. The van der Waals surface area contributed by atoms with Gasteiger partial charge in [-0.1, -0.05) is 23.8 Å². The van der Waals surface area contributed by atoms with Crippen LogP contribution < -0.4 is 5.56 Å². The number of hydrogen-bond donors (Lipinski definition) is 1. The Labute approximate surface area is 99.4 Å². The molecule has 0 aliphatic heterocycles. The molecule has 0 bridgehead atoms. The van der Waals surface area contributed by atoms with E-state index in [1.807, 2.05) is 32.0 Å². The fourth-order valence-electron chi connectivity index (χ4n) is 1.86. The number of rotatable bonds is 1. The van der Waals surface area contributed by atoms with Crippen LogP contribution >= 0.6 is 0 Å². The summed E-state index contributed by atoms with van der Waals surface area (Å²) in [5, 5.41) is 8.83. The zero-order valence-electron chi connectivity index (χ0n) is 9.74. The minimum Gasteiger partial charge on any atom is -0.327 e. The quantitative estimate of drug-likeness (QED) is 0.809. The Bertz CT molecular complexity index is 663. The van der Waals surface area contributed by atoms with Crippen LogP contribution in [0.25, 0.3) is 11.1 Å². The predicted octanol–water partition coefficient (Wildman–Crippen LogP) is 2.53. The number of benzene rings is 1. The largest absolute Gasteiger partial charge is 0.327 e. The molecule has 1 aromatic carbocycles. The molecule has 84 valence electrons. The van der Waals surface area contributed by atoms with Crippen molar-refractivity contribution in [3.05, 3.63) is 57.5 Å². The van der Waals surface area contributed by atoms with Crippen molar-refractivity contribution in [1.82, 2.24) is 4.98 Å². The number of nitriles is 1. The first-order chi connectivity index (χ1) is 8.11. The molecular formula is C14H12N2O. The molecular weight excluding hydrogens is 212 g/mol. The maximum absolute atomic E-state index is 11.3. The van der Waals surface area contributed by atoms with Gasteiger partial charge in [-0.2, -0.15) is 5.26 Å². The number of H-pyrrole nitrogens is 1. The fraction of sp³-hybridized carbons (Fsp3) is 0.143. The molecule has 0 fully saturated rings. The normalized spacial score (nSPS) is 9.94. The van der Waals surface area contributed by atoms with E-state index in [1.165, 1.54) is 5.56 Å². The zero-order valence-corrected chi connectivity index (χ0v) is 9.74. The van der Waals surface area contributed by atoms with Crippen molar-refractivity contribution in [1.29, 1.82) is 5.26 Å². The van der Waals surface area contributed by atoms with Gasteiger partial charge in [0.15, 0.2) is 0 Å². The van der Waals surface area contributed by atoms with Crippen LogP contribution in [0.1, 0.15) is 16.7 Å². The van der Waals surface area contributed by atoms with Crippen molar-refractivity contribution in [2.45, 2.75) is 13.8 Å². The fourth-order valence-corrected chi connectivity index (χ4v) is 1.86. The highest BCUT2D eigenvalue weighted by molar-refractivity contribution is 5.67. The lowest BCUT2D eigenvalue weighted by Gasteiger charge is -2.06. The number of nitrogens with one attached hydrogen (secondary N) is 1. The van der Waals surface area contributed by atoms with Gasteiger partial charge in [0.25, 0.3) is 5.56 Å². The summed E-state index contributed by atoms with van der Waals surface area (Å²) >= 11 is 0. The zero-order chi connectivity index (χ0) is 12.4. The van der Waals surface area contributed by atoms with E-state index in [2.05, 4.69) is 11.1 Å². The van der Waals surface area contributed by atoms with Crippen LogP contribution in [0.3, 0.4) is 0 Å². The molecule has 0 aliphatic rings. The van der Waals surface area contributed by atoms with Crippen molar-refractivity contribution in [2.24, 2.45) is 0 Å². The molecule has 0 atom stereocenters. The van der Waals surface area contributed by atoms with Gasteiger partial charge >= 0.3 is 0 Å². The van der Waals surface area contributed by atoms with Crippen LogP contribution in [0.15, 0.2) is 35.3 Å². The average Bonchev–Trinajstić information content (AvgIpc) is 2.30. The molecule has 0 unspecified atom stereocenters. The Balaban J connectivity index is 2.62. The summed E-state index contributed by atoms with van der Waals surface area (Å²) in [5.74, 6) is 0. The standard InChI is InChI=1S/C14H12N2O/c1-9-3-4-13(10(2)5-9)12-6-11(7-15)14(17)16-8-12/h3-6,8H,1-2H3,(H,16,17). The summed E-state index contributed by atoms with van der Waals surface area (Å²) < 4.78 is 0. The molecule has 0 radical (unpaired) electrons. The van der Waals surface area contributed by atoms with Gasteiger partial charge in [0.05, 0.1) is 0 Å². The second-order valence-electron chi connectivity index (χ2n) is 4.06. The van der Waals surface area contributed by atoms with Gasteiger partial charge < -0.3 is 4.98 Å². The van der Waals surface area contributed by atoms with Crippen LogP contribution in [0.4, 0.5) is 0 Å². The number of pyridine rings is 1. The van der Waals surface area contributed by atoms with Crippen LogP contribution in [-0.2, 0) is 0 Å². The Hall–Kier alpha value is -2.34. The van der Waals surface area contributed by atoms with E-state index >= 15 is 0 Å². The first kappa shape index (κ1) is 11.2. The first-order valence-corrected chi connectivity index (χ1v) is 5.32. The maximum Gasteiger partial charge on any atom is 0.265 e. The molecule has 0 aliphatic carbocycles. The molecule has 3 heteroatoms. The molecule has 0 saturated carbocycles. The van der Waals surface area contributed by atoms with Gasteiger partial charge in [-0.3, -0.25) is 4.79 Å². The van der Waals surface area contributed by atoms with Crippen molar-refractivity contribution in [3.63, 3.8) is 0 Å². The lowest BCUT2D eigenvalue weighted by atomic mass is 9.99. The lowest BCUT2D eigenvalue weighted by Crippen LogP contribution is -2.09. The number of aromatic amines is 1. The Morgan fingerprint density at radius 2 is 2.00 bits per heavy atom. The molecule has 3 nitrogen and oxygen atoms in total. The highest BCUT2D eigenvalue weighted by Crippen LogP contribution is 2.23. The molecule has 2 rings (SSSR count). The topological polar surface area (TPSA) is 56.6 Å². The van der Waals surface area contributed by atoms with E-state index < -0.39 is 0 Å². The summed E-state index contributed by atoms with van der Waals surface area (Å²) in [5.41, 5.74) is 4.00. The summed E-state index contributed by atoms with van der Waals surface area (Å²) in [4.78, 5) is 13.9. The number of aryl methyl sites for hydroxylation is 2. The summed E-state index contributed by atoms with van der Waals surface area (Å²) in [6, 6.07) is 9.60. The van der Waals surface area contributed by atoms with Crippen LogP contribution in [-0.4, -0.2) is 4.98 Å². The third kappa shape index (κ3) is 2.11. The highest BCUT2D eigenvalue weighted by atomic mass is 16.1. The van der Waals surface area contributed by atoms with Gasteiger partial charge in [-0.05, 0) is 36.6 Å². The molecule has 17 heavy (non-hydrogen) atoms. The van der Waals surface area contributed by atoms with Crippen molar-refractivity contribution in [2.75, 3.05) is 0 Å². The van der Waals surface area contributed by atoms with E-state index in [9.17, 15) is 4.79 Å². The lowest BCUT2D eigenvalue weighted by molar-refractivity contribution is 1.21. The highest BCUT2D eigenvalue weighted by Gasteiger charge is 2.05. The number of nitrogens with zero attached hydrogens (tertiary/aromatic N) is 1. The smallest absolute Gasteiger partial charge is 0.265 e. The van der Waals surface area contributed by atoms with E-state index in [1.54, 1.807) is 12.3 Å².